The van der Waals surface area contributed by atoms with E-state index in [-0.39, 0.29) is 19.8 Å². The van der Waals surface area contributed by atoms with E-state index in [2.05, 4.69) is 45.7 Å². The van der Waals surface area contributed by atoms with Crippen LogP contribution in [0, 0.1) is 18.3 Å². The molecule has 46 heavy (non-hydrogen) atoms. The van der Waals surface area contributed by atoms with Gasteiger partial charge >= 0.3 is 0 Å². The lowest BCUT2D eigenvalue weighted by Gasteiger charge is -2.27. The number of rotatable bonds is 20. The summed E-state index contributed by atoms with van der Waals surface area (Å²) in [4.78, 5) is 7.90. The predicted molar refractivity (Wildman–Crippen MR) is 183 cm³/mol. The van der Waals surface area contributed by atoms with Gasteiger partial charge in [0.2, 0.25) is 0 Å². The second-order valence-corrected chi connectivity index (χ2v) is 11.4. The van der Waals surface area contributed by atoms with E-state index < -0.39 is 0 Å². The van der Waals surface area contributed by atoms with E-state index in [1.807, 2.05) is 36.4 Å². The van der Waals surface area contributed by atoms with E-state index in [9.17, 15) is 10.4 Å². The summed E-state index contributed by atoms with van der Waals surface area (Å²) < 4.78 is 16.8. The highest BCUT2D eigenvalue weighted by molar-refractivity contribution is 7.99. The molecule has 0 spiro atoms. The summed E-state index contributed by atoms with van der Waals surface area (Å²) in [6.45, 7) is 8.59. The van der Waals surface area contributed by atoms with E-state index in [0.717, 1.165) is 29.3 Å². The number of hydrogen-bond donors (Lipinski definition) is 4. The highest BCUT2D eigenvalue weighted by atomic mass is 32.2. The number of nitriles is 1. The Balaban J connectivity index is 1.95. The maximum Gasteiger partial charge on any atom is 0.161 e. The van der Waals surface area contributed by atoms with Crippen LogP contribution in [0.4, 0.5) is 28.7 Å². The van der Waals surface area contributed by atoms with Crippen LogP contribution in [-0.2, 0) is 4.74 Å². The van der Waals surface area contributed by atoms with E-state index in [4.69, 9.17) is 24.3 Å². The number of hydrogen-bond acceptors (Lipinski definition) is 13. The molecule has 248 valence electrons. The first-order chi connectivity index (χ1) is 22.4. The fourth-order valence-corrected chi connectivity index (χ4v) is 5.62. The lowest BCUT2D eigenvalue weighted by atomic mass is 10.1. The Bertz CT molecular complexity index is 1450. The van der Waals surface area contributed by atoms with Gasteiger partial charge in [0.25, 0.3) is 0 Å². The van der Waals surface area contributed by atoms with Crippen LogP contribution in [0.25, 0.3) is 0 Å². The third-order valence-electron chi connectivity index (χ3n) is 7.30. The van der Waals surface area contributed by atoms with Crippen molar-refractivity contribution < 1.29 is 24.4 Å². The zero-order valence-corrected chi connectivity index (χ0v) is 28.1. The van der Waals surface area contributed by atoms with Crippen molar-refractivity contribution in [3.63, 3.8) is 0 Å². The number of benzene rings is 2. The average Bonchev–Trinajstić information content (AvgIpc) is 3.07. The summed E-state index contributed by atoms with van der Waals surface area (Å²) in [5.74, 6) is 2.75. The number of aliphatic hydroxyl groups is 2. The number of aromatic nitrogens is 1. The Kier molecular flexibility index (Phi) is 15.5. The zero-order valence-electron chi connectivity index (χ0n) is 27.2. The van der Waals surface area contributed by atoms with Crippen LogP contribution in [0.2, 0.25) is 0 Å². The number of para-hydroxylation sites is 1. The molecule has 4 N–H and O–H groups in total. The molecule has 0 fully saturated rings. The molecule has 1 heterocycles. The molecule has 0 amide bonds. The molecule has 12 nitrogen and oxygen atoms in total. The van der Waals surface area contributed by atoms with E-state index in [1.165, 1.54) is 0 Å². The summed E-state index contributed by atoms with van der Waals surface area (Å²) >= 11 is 1.64. The molecule has 0 saturated carbocycles. The lowest BCUT2D eigenvalue weighted by Crippen LogP contribution is -2.36. The monoisotopic (exact) mass is 651 g/mol. The van der Waals surface area contributed by atoms with Crippen LogP contribution < -0.4 is 20.1 Å². The Morgan fingerprint density at radius 1 is 1.02 bits per heavy atom. The second-order valence-electron chi connectivity index (χ2n) is 10.3. The number of ether oxygens (including phenoxy) is 3. The quantitative estimate of drug-likeness (QED) is 0.0641. The maximum atomic E-state index is 10.0. The maximum absolute atomic E-state index is 10.0. The van der Waals surface area contributed by atoms with Crippen LogP contribution in [0.3, 0.4) is 0 Å². The second kappa shape index (κ2) is 19.6. The van der Waals surface area contributed by atoms with Crippen molar-refractivity contribution in [2.75, 3.05) is 76.7 Å². The van der Waals surface area contributed by atoms with Crippen LogP contribution >= 0.6 is 11.8 Å². The SMILES string of the molecule is CCC(C)N(CCO)CCSc1cc(OC)c(N=Nc2c(Nc3ccccc3)nc(NCCOCCO)c(C#N)c2C)cc1OC. The Hall–Kier alpha value is -3.93. The molecule has 2 aromatic carbocycles. The number of azo groups is 1. The summed E-state index contributed by atoms with van der Waals surface area (Å²) in [6, 6.07) is 15.8. The van der Waals surface area contributed by atoms with Crippen LogP contribution in [-0.4, -0.2) is 92.2 Å². The number of pyridine rings is 1. The fourth-order valence-electron chi connectivity index (χ4n) is 4.60. The lowest BCUT2D eigenvalue weighted by molar-refractivity contribution is 0.0992. The van der Waals surface area contributed by atoms with E-state index in [0.29, 0.717) is 71.4 Å². The zero-order chi connectivity index (χ0) is 33.3. The standard InChI is InChI=1S/C33H45N7O5S/c1-6-23(2)40(13-15-41)14-19-46-30-21-28(43-4)27(20-29(30)44-5)38-39-31-24(3)26(22-34)32(35-12-17-45-18-16-42)37-33(31)36-25-10-8-7-9-11-25/h7-11,20-21,23,41-42H,6,12-19H2,1-5H3,(H2,35,36,37). The largest absolute Gasteiger partial charge is 0.495 e. The molecule has 0 aliphatic rings. The van der Waals surface area contributed by atoms with Gasteiger partial charge in [0.05, 0.1) is 51.1 Å². The Morgan fingerprint density at radius 3 is 2.43 bits per heavy atom. The van der Waals surface area contributed by atoms with Gasteiger partial charge in [-0.05, 0) is 38.5 Å². The molecule has 0 bridgehead atoms. The molecule has 0 radical (unpaired) electrons. The number of anilines is 3. The van der Waals surface area contributed by atoms with Gasteiger partial charge in [-0.15, -0.1) is 22.0 Å². The predicted octanol–water partition coefficient (Wildman–Crippen LogP) is 6.04. The molecule has 0 saturated heterocycles. The van der Waals surface area contributed by atoms with Crippen molar-refractivity contribution in [3.8, 4) is 17.6 Å². The van der Waals surface area contributed by atoms with Gasteiger partial charge < -0.3 is 35.1 Å². The van der Waals surface area contributed by atoms with Crippen molar-refractivity contribution in [1.29, 1.82) is 5.26 Å². The van der Waals surface area contributed by atoms with Crippen LogP contribution in [0.5, 0.6) is 11.5 Å². The van der Waals surface area contributed by atoms with Gasteiger partial charge in [-0.1, -0.05) is 25.1 Å². The number of nitrogens with zero attached hydrogens (tertiary/aromatic N) is 5. The first kappa shape index (κ1) is 36.5. The summed E-state index contributed by atoms with van der Waals surface area (Å²) in [5, 5.41) is 44.1. The third kappa shape index (κ3) is 10.3. The number of nitrogens with one attached hydrogen (secondary N) is 2. The molecule has 1 aromatic heterocycles. The van der Waals surface area contributed by atoms with Gasteiger partial charge in [-0.25, -0.2) is 4.98 Å². The summed E-state index contributed by atoms with van der Waals surface area (Å²) in [5.41, 5.74) is 2.57. The molecule has 13 heteroatoms. The van der Waals surface area contributed by atoms with Gasteiger partial charge in [0, 0.05) is 48.7 Å². The minimum absolute atomic E-state index is 0.0631. The average molecular weight is 652 g/mol. The summed E-state index contributed by atoms with van der Waals surface area (Å²) in [7, 11) is 3.19. The molecule has 0 aliphatic heterocycles. The third-order valence-corrected chi connectivity index (χ3v) is 8.31. The molecular formula is C33H45N7O5S. The minimum atomic E-state index is -0.0631. The van der Waals surface area contributed by atoms with Crippen molar-refractivity contribution in [1.82, 2.24) is 9.88 Å². The van der Waals surface area contributed by atoms with Gasteiger partial charge in [0.15, 0.2) is 5.82 Å². The summed E-state index contributed by atoms with van der Waals surface area (Å²) in [6.07, 6.45) is 1.01. The van der Waals surface area contributed by atoms with Gasteiger partial charge in [-0.3, -0.25) is 4.90 Å². The molecule has 3 rings (SSSR count). The van der Waals surface area contributed by atoms with Crippen molar-refractivity contribution in [2.45, 2.75) is 38.1 Å². The highest BCUT2D eigenvalue weighted by Crippen LogP contribution is 2.42. The first-order valence-electron chi connectivity index (χ1n) is 15.2. The molecule has 1 atom stereocenters. The Labute approximate surface area is 275 Å². The topological polar surface area (TPSA) is 157 Å². The number of methoxy groups -OCH3 is 2. The first-order valence-corrected chi connectivity index (χ1v) is 16.2. The molecular weight excluding hydrogens is 606 g/mol. The molecule has 1 unspecified atom stereocenters. The van der Waals surface area contributed by atoms with Crippen molar-refractivity contribution in [3.05, 3.63) is 53.6 Å². The normalized spacial score (nSPS) is 11.9. The Morgan fingerprint density at radius 2 is 1.78 bits per heavy atom. The smallest absolute Gasteiger partial charge is 0.161 e. The van der Waals surface area contributed by atoms with E-state index in [1.54, 1.807) is 39.0 Å². The van der Waals surface area contributed by atoms with Crippen molar-refractivity contribution in [2.24, 2.45) is 10.2 Å². The van der Waals surface area contributed by atoms with Gasteiger partial charge in [0.1, 0.15) is 34.8 Å². The van der Waals surface area contributed by atoms with Crippen LogP contribution in [0.1, 0.15) is 31.4 Å². The molecule has 3 aromatic rings. The highest BCUT2D eigenvalue weighted by Gasteiger charge is 2.19. The molecule has 0 aliphatic carbocycles. The minimum Gasteiger partial charge on any atom is -0.495 e. The number of thioether (sulfide) groups is 1. The van der Waals surface area contributed by atoms with Crippen molar-refractivity contribution >= 4 is 40.5 Å². The van der Waals surface area contributed by atoms with E-state index >= 15 is 0 Å². The fraction of sp³-hybridized carbons (Fsp3) is 0.455. The number of aliphatic hydroxyl groups excluding tert-OH is 2. The van der Waals surface area contributed by atoms with Gasteiger partial charge in [-0.2, -0.15) is 5.26 Å². The van der Waals surface area contributed by atoms with Crippen LogP contribution in [0.15, 0.2) is 57.6 Å².